The van der Waals surface area contributed by atoms with Gasteiger partial charge in [-0.15, -0.1) is 0 Å². The van der Waals surface area contributed by atoms with Crippen molar-refractivity contribution in [2.75, 3.05) is 61.4 Å². The first-order valence-corrected chi connectivity index (χ1v) is 20.3. The third kappa shape index (κ3) is 10.2. The number of piperidine rings is 1. The number of hydrogen-bond acceptors (Lipinski definition) is 10. The number of esters is 1. The summed E-state index contributed by atoms with van der Waals surface area (Å²) in [5, 5.41) is 0. The van der Waals surface area contributed by atoms with Crippen LogP contribution in [0.3, 0.4) is 0 Å². The van der Waals surface area contributed by atoms with Crippen molar-refractivity contribution >= 4 is 11.9 Å². The Morgan fingerprint density at radius 2 is 1.39 bits per heavy atom. The van der Waals surface area contributed by atoms with Crippen molar-refractivity contribution in [1.82, 2.24) is 4.90 Å². The zero-order valence-corrected chi connectivity index (χ0v) is 33.6. The molecule has 56 heavy (non-hydrogen) atoms. The number of fused-ring (bicyclic) bond motifs is 13. The molecule has 0 spiro atoms. The summed E-state index contributed by atoms with van der Waals surface area (Å²) in [5.74, 6) is 2.65. The number of amides is 1. The van der Waals surface area contributed by atoms with E-state index in [9.17, 15) is 4.79 Å². The van der Waals surface area contributed by atoms with Crippen molar-refractivity contribution in [2.24, 2.45) is 5.92 Å². The first kappa shape index (κ1) is 41.0. The SMILES string of the molecule is COc1ccc(CC[C@H]2OC(=O)[C@@H]3CCCCN3C(=O)[C@@H](C3CCCCC3)c3cc(OC)c(c(OC)c3)OCCOCCCCOc3cccc2c3)cc1OC. The fourth-order valence-electron chi connectivity index (χ4n) is 8.38. The molecule has 0 unspecified atom stereocenters. The standard InChI is InChI=1S/C45H59NO10/c1-49-38-21-19-31(27-39(38)50-2)18-20-37-33-15-12-16-35(28-33)54-24-11-10-23-53-25-26-55-43-40(51-3)29-34(30-41(43)52-4)42(32-13-6-5-7-14-32)44(47)46-22-9-8-17-36(46)45(48)56-37/h12,15-16,19,21,27-30,32,36-37,42H,5-11,13-14,17-18,20,22-26H2,1-4H3/t36-,37+,42-/m0/s1. The Balaban J connectivity index is 1.35. The second kappa shape index (κ2) is 20.5. The Labute approximate surface area is 331 Å². The average molecular weight is 774 g/mol. The number of aryl methyl sites for hydroxylation is 1. The molecule has 3 aromatic rings. The van der Waals surface area contributed by atoms with E-state index >= 15 is 4.79 Å². The smallest absolute Gasteiger partial charge is 0.329 e. The Morgan fingerprint density at radius 3 is 2.14 bits per heavy atom. The van der Waals surface area contributed by atoms with E-state index in [1.54, 1.807) is 33.3 Å². The number of nitrogens with zero attached hydrogens (tertiary/aromatic N) is 1. The lowest BCUT2D eigenvalue weighted by atomic mass is 9.75. The minimum atomic E-state index is -0.710. The van der Waals surface area contributed by atoms with E-state index < -0.39 is 18.1 Å². The fraction of sp³-hybridized carbons (Fsp3) is 0.556. The lowest BCUT2D eigenvalue weighted by Crippen LogP contribution is -2.51. The number of methoxy groups -OCH3 is 4. The molecular weight excluding hydrogens is 714 g/mol. The maximum absolute atomic E-state index is 15.1. The summed E-state index contributed by atoms with van der Waals surface area (Å²) in [6.07, 6.45) is 9.47. The predicted molar refractivity (Wildman–Crippen MR) is 212 cm³/mol. The van der Waals surface area contributed by atoms with E-state index in [-0.39, 0.29) is 17.8 Å². The van der Waals surface area contributed by atoms with E-state index in [0.29, 0.717) is 86.7 Å². The third-order valence-corrected chi connectivity index (χ3v) is 11.3. The second-order valence-electron chi connectivity index (χ2n) is 14.9. The van der Waals surface area contributed by atoms with Gasteiger partial charge in [-0.1, -0.05) is 37.5 Å². The average Bonchev–Trinajstić information content (AvgIpc) is 3.24. The summed E-state index contributed by atoms with van der Waals surface area (Å²) in [6, 6.07) is 16.8. The minimum absolute atomic E-state index is 0.0552. The molecular formula is C45H59NO10. The molecule has 0 radical (unpaired) electrons. The monoisotopic (exact) mass is 773 g/mol. The van der Waals surface area contributed by atoms with E-state index in [4.69, 9.17) is 37.9 Å². The van der Waals surface area contributed by atoms with Gasteiger partial charge in [0.05, 0.1) is 47.6 Å². The van der Waals surface area contributed by atoms with Crippen LogP contribution in [0, 0.1) is 5.92 Å². The van der Waals surface area contributed by atoms with Gasteiger partial charge in [0, 0.05) is 13.2 Å². The molecule has 3 aromatic carbocycles. The molecule has 11 nitrogen and oxygen atoms in total. The Bertz CT molecular complexity index is 1710. The Morgan fingerprint density at radius 1 is 0.661 bits per heavy atom. The normalized spacial score (nSPS) is 21.9. The fourth-order valence-corrected chi connectivity index (χ4v) is 8.38. The number of carbonyl (C=O) groups is 2. The first-order valence-electron chi connectivity index (χ1n) is 20.3. The molecule has 3 heterocycles. The van der Waals surface area contributed by atoms with Gasteiger partial charge in [0.2, 0.25) is 11.7 Å². The van der Waals surface area contributed by atoms with Gasteiger partial charge in [0.25, 0.3) is 0 Å². The number of hydrogen-bond donors (Lipinski definition) is 0. The third-order valence-electron chi connectivity index (χ3n) is 11.3. The highest BCUT2D eigenvalue weighted by Crippen LogP contribution is 2.45. The number of rotatable bonds is 8. The van der Waals surface area contributed by atoms with Crippen LogP contribution in [0.25, 0.3) is 0 Å². The van der Waals surface area contributed by atoms with Gasteiger partial charge in [-0.2, -0.15) is 0 Å². The molecule has 304 valence electrons. The van der Waals surface area contributed by atoms with Crippen molar-refractivity contribution in [1.29, 1.82) is 0 Å². The van der Waals surface area contributed by atoms with Gasteiger partial charge in [-0.25, -0.2) is 4.79 Å². The molecule has 1 aliphatic carbocycles. The summed E-state index contributed by atoms with van der Waals surface area (Å²) in [4.78, 5) is 31.4. The van der Waals surface area contributed by atoms with Crippen molar-refractivity contribution in [3.05, 3.63) is 71.3 Å². The molecule has 4 aliphatic rings. The Hall–Kier alpha value is -4.64. The molecule has 1 saturated heterocycles. The largest absolute Gasteiger partial charge is 0.494 e. The van der Waals surface area contributed by atoms with Crippen LogP contribution in [0.4, 0.5) is 0 Å². The van der Waals surface area contributed by atoms with Crippen LogP contribution < -0.4 is 28.4 Å². The zero-order chi connectivity index (χ0) is 39.3. The molecule has 3 atom stereocenters. The lowest BCUT2D eigenvalue weighted by Gasteiger charge is -2.40. The van der Waals surface area contributed by atoms with Gasteiger partial charge in [0.1, 0.15) is 24.5 Å². The van der Waals surface area contributed by atoms with Gasteiger partial charge in [-0.05, 0) is 117 Å². The van der Waals surface area contributed by atoms with Crippen molar-refractivity contribution in [3.8, 4) is 34.5 Å². The molecule has 4 bridgehead atoms. The highest BCUT2D eigenvalue weighted by molar-refractivity contribution is 5.89. The summed E-state index contributed by atoms with van der Waals surface area (Å²) in [6.45, 7) is 2.27. The first-order chi connectivity index (χ1) is 27.4. The van der Waals surface area contributed by atoms with Crippen LogP contribution in [-0.4, -0.2) is 84.2 Å². The molecule has 0 aromatic heterocycles. The minimum Gasteiger partial charge on any atom is -0.494 e. The maximum atomic E-state index is 15.1. The Kier molecular flexibility index (Phi) is 15.0. The molecule has 7 rings (SSSR count). The van der Waals surface area contributed by atoms with Crippen LogP contribution in [0.1, 0.15) is 99.3 Å². The van der Waals surface area contributed by atoms with Gasteiger partial charge in [0.15, 0.2) is 23.0 Å². The van der Waals surface area contributed by atoms with E-state index in [1.807, 2.05) is 54.6 Å². The molecule has 3 aliphatic heterocycles. The topological polar surface area (TPSA) is 111 Å². The maximum Gasteiger partial charge on any atom is 0.329 e. The van der Waals surface area contributed by atoms with Crippen molar-refractivity contribution in [3.63, 3.8) is 0 Å². The molecule has 0 N–H and O–H groups in total. The predicted octanol–water partition coefficient (Wildman–Crippen LogP) is 8.25. The van der Waals surface area contributed by atoms with Crippen LogP contribution in [0.5, 0.6) is 34.5 Å². The van der Waals surface area contributed by atoms with Crippen LogP contribution in [0.15, 0.2) is 54.6 Å². The summed E-state index contributed by atoms with van der Waals surface area (Å²) < 4.78 is 47.5. The summed E-state index contributed by atoms with van der Waals surface area (Å²) in [5.41, 5.74) is 2.67. The van der Waals surface area contributed by atoms with Crippen LogP contribution >= 0.6 is 0 Å². The molecule has 1 amide bonds. The van der Waals surface area contributed by atoms with Crippen LogP contribution in [-0.2, 0) is 25.5 Å². The highest BCUT2D eigenvalue weighted by atomic mass is 16.6. The van der Waals surface area contributed by atoms with Gasteiger partial charge >= 0.3 is 5.97 Å². The quantitative estimate of drug-likeness (QED) is 0.208. The van der Waals surface area contributed by atoms with E-state index in [0.717, 1.165) is 74.5 Å². The summed E-state index contributed by atoms with van der Waals surface area (Å²) in [7, 11) is 6.43. The number of ether oxygens (including phenoxy) is 8. The molecule has 1 saturated carbocycles. The zero-order valence-electron chi connectivity index (χ0n) is 33.6. The molecule has 11 heteroatoms. The van der Waals surface area contributed by atoms with Gasteiger partial charge < -0.3 is 42.8 Å². The van der Waals surface area contributed by atoms with E-state index in [2.05, 4.69) is 0 Å². The number of carbonyl (C=O) groups excluding carboxylic acids is 2. The van der Waals surface area contributed by atoms with Crippen LogP contribution in [0.2, 0.25) is 0 Å². The highest BCUT2D eigenvalue weighted by Gasteiger charge is 2.41. The van der Waals surface area contributed by atoms with Crippen molar-refractivity contribution in [2.45, 2.75) is 95.1 Å². The number of benzene rings is 3. The van der Waals surface area contributed by atoms with Crippen molar-refractivity contribution < 1.29 is 47.5 Å². The summed E-state index contributed by atoms with van der Waals surface area (Å²) >= 11 is 0. The molecule has 2 fully saturated rings. The lowest BCUT2D eigenvalue weighted by molar-refractivity contribution is -0.163. The van der Waals surface area contributed by atoms with Gasteiger partial charge in [-0.3, -0.25) is 4.79 Å². The second-order valence-corrected chi connectivity index (χ2v) is 14.9. The van der Waals surface area contributed by atoms with E-state index in [1.165, 1.54) is 0 Å².